The molecule has 0 spiro atoms. The summed E-state index contributed by atoms with van der Waals surface area (Å²) >= 11 is 1.54. The molecule has 0 aromatic heterocycles. The molecule has 2 heteroatoms. The summed E-state index contributed by atoms with van der Waals surface area (Å²) < 4.78 is 4.18. The molecule has 0 radical (unpaired) electrons. The van der Waals surface area contributed by atoms with Crippen molar-refractivity contribution in [2.24, 2.45) is 4.40 Å². The van der Waals surface area contributed by atoms with Crippen molar-refractivity contribution in [3.63, 3.8) is 0 Å². The van der Waals surface area contributed by atoms with Crippen LogP contribution in [-0.4, -0.2) is 6.21 Å². The SMILES string of the molecule is C1=CCc2ccccc2SN=C1. The van der Waals surface area contributed by atoms with Crippen molar-refractivity contribution >= 4 is 18.2 Å². The van der Waals surface area contributed by atoms with Crippen LogP contribution in [0.15, 0.2) is 45.7 Å². The van der Waals surface area contributed by atoms with Gasteiger partial charge in [0.05, 0.1) is 0 Å². The van der Waals surface area contributed by atoms with E-state index in [1.807, 2.05) is 18.4 Å². The second-order valence-corrected chi connectivity index (χ2v) is 3.42. The van der Waals surface area contributed by atoms with Gasteiger partial charge in [-0.25, -0.2) is 4.40 Å². The summed E-state index contributed by atoms with van der Waals surface area (Å²) in [5.74, 6) is 0. The summed E-state index contributed by atoms with van der Waals surface area (Å²) in [6, 6.07) is 8.37. The van der Waals surface area contributed by atoms with Gasteiger partial charge in [0.2, 0.25) is 0 Å². The van der Waals surface area contributed by atoms with Crippen LogP contribution in [-0.2, 0) is 6.42 Å². The maximum atomic E-state index is 4.18. The number of rotatable bonds is 0. The Bertz CT molecular complexity index is 295. The third-order valence-corrected chi connectivity index (χ3v) is 2.57. The van der Waals surface area contributed by atoms with Crippen LogP contribution in [0.5, 0.6) is 0 Å². The Kier molecular flexibility index (Phi) is 2.28. The third kappa shape index (κ3) is 1.59. The first-order valence-electron chi connectivity index (χ1n) is 3.90. The smallest absolute Gasteiger partial charge is 0.0352 e. The highest BCUT2D eigenvalue weighted by Crippen LogP contribution is 2.24. The van der Waals surface area contributed by atoms with Gasteiger partial charge in [0.25, 0.3) is 0 Å². The quantitative estimate of drug-likeness (QED) is 0.552. The minimum atomic E-state index is 1.01. The molecule has 0 N–H and O–H groups in total. The zero-order valence-electron chi connectivity index (χ0n) is 6.60. The predicted molar refractivity (Wildman–Crippen MR) is 53.6 cm³/mol. The normalized spacial score (nSPS) is 15.0. The van der Waals surface area contributed by atoms with Crippen molar-refractivity contribution in [2.75, 3.05) is 0 Å². The van der Waals surface area contributed by atoms with Crippen molar-refractivity contribution in [3.8, 4) is 0 Å². The molecule has 1 heterocycles. The van der Waals surface area contributed by atoms with Gasteiger partial charge in [0.15, 0.2) is 0 Å². The largest absolute Gasteiger partial charge is 0.219 e. The summed E-state index contributed by atoms with van der Waals surface area (Å²) in [4.78, 5) is 1.26. The zero-order chi connectivity index (χ0) is 8.23. The second kappa shape index (κ2) is 3.59. The van der Waals surface area contributed by atoms with E-state index in [0.717, 1.165) is 6.42 Å². The maximum Gasteiger partial charge on any atom is 0.0352 e. The molecule has 1 aliphatic rings. The Morgan fingerprint density at radius 2 is 2.17 bits per heavy atom. The lowest BCUT2D eigenvalue weighted by atomic mass is 10.1. The van der Waals surface area contributed by atoms with Gasteiger partial charge in [-0.1, -0.05) is 24.3 Å². The lowest BCUT2D eigenvalue weighted by Crippen LogP contribution is -1.86. The summed E-state index contributed by atoms with van der Waals surface area (Å²) in [5, 5.41) is 0. The molecule has 1 aliphatic heterocycles. The maximum absolute atomic E-state index is 4.18. The number of benzene rings is 1. The Labute approximate surface area is 76.3 Å². The molecular weight excluding hydrogens is 166 g/mol. The van der Waals surface area contributed by atoms with Crippen LogP contribution in [0.2, 0.25) is 0 Å². The van der Waals surface area contributed by atoms with Crippen LogP contribution in [0.25, 0.3) is 0 Å². The van der Waals surface area contributed by atoms with Gasteiger partial charge >= 0.3 is 0 Å². The topological polar surface area (TPSA) is 12.4 Å². The van der Waals surface area contributed by atoms with E-state index in [4.69, 9.17) is 0 Å². The fraction of sp³-hybridized carbons (Fsp3) is 0.100. The van der Waals surface area contributed by atoms with E-state index in [0.29, 0.717) is 0 Å². The molecule has 2 rings (SSSR count). The highest BCUT2D eigenvalue weighted by molar-refractivity contribution is 7.98. The molecule has 1 aromatic carbocycles. The van der Waals surface area contributed by atoms with E-state index >= 15 is 0 Å². The molecule has 0 saturated heterocycles. The molecule has 1 nitrogen and oxygen atoms in total. The Morgan fingerprint density at radius 1 is 1.25 bits per heavy atom. The van der Waals surface area contributed by atoms with E-state index in [1.165, 1.54) is 10.5 Å². The van der Waals surface area contributed by atoms with Gasteiger partial charge < -0.3 is 0 Å². The minimum Gasteiger partial charge on any atom is -0.219 e. The zero-order valence-corrected chi connectivity index (χ0v) is 7.42. The van der Waals surface area contributed by atoms with Gasteiger partial charge in [-0.05, 0) is 24.1 Å². The highest BCUT2D eigenvalue weighted by atomic mass is 32.2. The summed E-state index contributed by atoms with van der Waals surface area (Å²) in [6.45, 7) is 0. The summed E-state index contributed by atoms with van der Waals surface area (Å²) in [6.07, 6.45) is 6.96. The molecular formula is C10H9NS. The lowest BCUT2D eigenvalue weighted by Gasteiger charge is -2.04. The number of hydrogen-bond acceptors (Lipinski definition) is 2. The summed E-state index contributed by atoms with van der Waals surface area (Å²) in [7, 11) is 0. The van der Waals surface area contributed by atoms with Crippen LogP contribution < -0.4 is 0 Å². The van der Waals surface area contributed by atoms with Gasteiger partial charge in [0, 0.05) is 23.1 Å². The monoisotopic (exact) mass is 175 g/mol. The van der Waals surface area contributed by atoms with Crippen molar-refractivity contribution in [3.05, 3.63) is 42.0 Å². The van der Waals surface area contributed by atoms with Crippen LogP contribution >= 0.6 is 11.9 Å². The first-order valence-corrected chi connectivity index (χ1v) is 4.67. The molecule has 0 saturated carbocycles. The standard InChI is InChI=1S/C10H9NS/c1-2-7-10-9(5-1)6-3-4-8-11-12-10/h1-5,7-8H,6H2. The van der Waals surface area contributed by atoms with Gasteiger partial charge in [-0.2, -0.15) is 0 Å². The van der Waals surface area contributed by atoms with Gasteiger partial charge in [0.1, 0.15) is 0 Å². The van der Waals surface area contributed by atoms with Gasteiger partial charge in [-0.15, -0.1) is 0 Å². The Hall–Kier alpha value is -1.02. The molecule has 0 unspecified atom stereocenters. The molecule has 0 amide bonds. The summed E-state index contributed by atoms with van der Waals surface area (Å²) in [5.41, 5.74) is 1.36. The van der Waals surface area contributed by atoms with Crippen molar-refractivity contribution in [1.29, 1.82) is 0 Å². The molecule has 1 aromatic rings. The number of hydrogen-bond donors (Lipinski definition) is 0. The minimum absolute atomic E-state index is 1.01. The first-order chi connectivity index (χ1) is 5.97. The lowest BCUT2D eigenvalue weighted by molar-refractivity contribution is 1.18. The molecule has 0 atom stereocenters. The fourth-order valence-corrected chi connectivity index (χ4v) is 1.79. The molecule has 0 fully saturated rings. The Balaban J connectivity index is 2.40. The first kappa shape index (κ1) is 7.62. The van der Waals surface area contributed by atoms with Crippen LogP contribution in [0.1, 0.15) is 5.56 Å². The average molecular weight is 175 g/mol. The van der Waals surface area contributed by atoms with E-state index in [2.05, 4.69) is 28.7 Å². The predicted octanol–water partition coefficient (Wildman–Crippen LogP) is 2.88. The molecule has 12 heavy (non-hydrogen) atoms. The van der Waals surface area contributed by atoms with Crippen molar-refractivity contribution in [2.45, 2.75) is 11.3 Å². The van der Waals surface area contributed by atoms with Crippen LogP contribution in [0.4, 0.5) is 0 Å². The highest BCUT2D eigenvalue weighted by Gasteiger charge is 2.00. The van der Waals surface area contributed by atoms with E-state index in [1.54, 1.807) is 11.9 Å². The number of allylic oxidation sites excluding steroid dienone is 2. The number of fused-ring (bicyclic) bond motifs is 1. The third-order valence-electron chi connectivity index (χ3n) is 1.74. The molecule has 0 bridgehead atoms. The molecule has 0 aliphatic carbocycles. The van der Waals surface area contributed by atoms with Crippen molar-refractivity contribution in [1.82, 2.24) is 0 Å². The van der Waals surface area contributed by atoms with Crippen LogP contribution in [0.3, 0.4) is 0 Å². The average Bonchev–Trinajstić information content (AvgIpc) is 2.06. The van der Waals surface area contributed by atoms with E-state index < -0.39 is 0 Å². The van der Waals surface area contributed by atoms with E-state index in [9.17, 15) is 0 Å². The second-order valence-electron chi connectivity index (χ2n) is 2.59. The Morgan fingerprint density at radius 3 is 3.17 bits per heavy atom. The molecule has 60 valence electrons. The van der Waals surface area contributed by atoms with Crippen LogP contribution in [0, 0.1) is 0 Å². The number of nitrogens with zero attached hydrogens (tertiary/aromatic N) is 1. The van der Waals surface area contributed by atoms with Gasteiger partial charge in [-0.3, -0.25) is 0 Å². The van der Waals surface area contributed by atoms with Crippen molar-refractivity contribution < 1.29 is 0 Å². The van der Waals surface area contributed by atoms with E-state index in [-0.39, 0.29) is 0 Å². The fourth-order valence-electron chi connectivity index (χ4n) is 1.14.